The Morgan fingerprint density at radius 3 is 2.65 bits per heavy atom. The Labute approximate surface area is 118 Å². The highest BCUT2D eigenvalue weighted by atomic mass is 19.1. The third-order valence-corrected chi connectivity index (χ3v) is 3.57. The van der Waals surface area contributed by atoms with E-state index >= 15 is 0 Å². The van der Waals surface area contributed by atoms with Crippen LogP contribution in [0.3, 0.4) is 0 Å². The third-order valence-electron chi connectivity index (χ3n) is 3.57. The second-order valence-corrected chi connectivity index (χ2v) is 5.09. The Morgan fingerprint density at radius 1 is 1.35 bits per heavy atom. The maximum atomic E-state index is 12.7. The van der Waals surface area contributed by atoms with Crippen LogP contribution in [0.1, 0.15) is 12.8 Å². The molecule has 0 aliphatic carbocycles. The first-order chi connectivity index (χ1) is 9.66. The lowest BCUT2D eigenvalue weighted by Gasteiger charge is -2.26. The highest BCUT2D eigenvalue weighted by Crippen LogP contribution is 2.15. The van der Waals surface area contributed by atoms with Crippen LogP contribution < -0.4 is 10.1 Å². The van der Waals surface area contributed by atoms with E-state index < -0.39 is 0 Å². The smallest absolute Gasteiger partial charge is 0.225 e. The third kappa shape index (κ3) is 4.20. The van der Waals surface area contributed by atoms with E-state index in [0.29, 0.717) is 18.9 Å². The maximum Gasteiger partial charge on any atom is 0.225 e. The van der Waals surface area contributed by atoms with Crippen molar-refractivity contribution in [2.45, 2.75) is 12.8 Å². The number of benzene rings is 1. The fourth-order valence-corrected chi connectivity index (χ4v) is 2.32. The molecule has 0 aromatic heterocycles. The van der Waals surface area contributed by atoms with E-state index in [1.54, 1.807) is 24.1 Å². The molecule has 4 nitrogen and oxygen atoms in total. The minimum Gasteiger partial charge on any atom is -0.492 e. The first kappa shape index (κ1) is 14.8. The molecule has 0 saturated carbocycles. The molecule has 0 unspecified atom stereocenters. The number of amides is 1. The van der Waals surface area contributed by atoms with Crippen LogP contribution in [0, 0.1) is 11.7 Å². The van der Waals surface area contributed by atoms with Gasteiger partial charge in [0.2, 0.25) is 5.91 Å². The Balaban J connectivity index is 1.72. The first-order valence-corrected chi connectivity index (χ1v) is 7.01. The van der Waals surface area contributed by atoms with Crippen molar-refractivity contribution in [1.82, 2.24) is 10.2 Å². The second-order valence-electron chi connectivity index (χ2n) is 5.09. The van der Waals surface area contributed by atoms with E-state index in [4.69, 9.17) is 4.74 Å². The molecule has 1 N–H and O–H groups in total. The summed E-state index contributed by atoms with van der Waals surface area (Å²) in [6, 6.07) is 5.90. The van der Waals surface area contributed by atoms with Crippen LogP contribution in [-0.4, -0.2) is 44.1 Å². The molecular weight excluding hydrogens is 259 g/mol. The standard InChI is InChI=1S/C15H21FN2O2/c1-18(15(19)12-6-8-17-9-7-12)10-11-20-14-4-2-13(16)3-5-14/h2-5,12,17H,6-11H2,1H3. The number of carbonyl (C=O) groups is 1. The average Bonchev–Trinajstić information content (AvgIpc) is 2.49. The molecule has 110 valence electrons. The summed E-state index contributed by atoms with van der Waals surface area (Å²) in [6.45, 7) is 2.78. The summed E-state index contributed by atoms with van der Waals surface area (Å²) in [7, 11) is 1.80. The molecule has 1 saturated heterocycles. The first-order valence-electron chi connectivity index (χ1n) is 7.01. The van der Waals surface area contributed by atoms with Gasteiger partial charge in [-0.25, -0.2) is 4.39 Å². The van der Waals surface area contributed by atoms with Crippen molar-refractivity contribution in [3.63, 3.8) is 0 Å². The van der Waals surface area contributed by atoms with Crippen LogP contribution >= 0.6 is 0 Å². The van der Waals surface area contributed by atoms with Gasteiger partial charge in [-0.1, -0.05) is 0 Å². The van der Waals surface area contributed by atoms with Crippen LogP contribution in [-0.2, 0) is 4.79 Å². The SMILES string of the molecule is CN(CCOc1ccc(F)cc1)C(=O)C1CCNCC1. The monoisotopic (exact) mass is 280 g/mol. The zero-order valence-electron chi connectivity index (χ0n) is 11.8. The van der Waals surface area contributed by atoms with Gasteiger partial charge in [0.05, 0.1) is 6.54 Å². The summed E-state index contributed by atoms with van der Waals surface area (Å²) in [4.78, 5) is 13.9. The predicted octanol–water partition coefficient (Wildman–Crippen LogP) is 1.66. The molecule has 1 amide bonds. The molecule has 1 fully saturated rings. The molecule has 0 atom stereocenters. The average molecular weight is 280 g/mol. The van der Waals surface area contributed by atoms with Gasteiger partial charge in [0.1, 0.15) is 18.2 Å². The summed E-state index contributed by atoms with van der Waals surface area (Å²) in [6.07, 6.45) is 1.81. The van der Waals surface area contributed by atoms with Crippen LogP contribution in [0.15, 0.2) is 24.3 Å². The van der Waals surface area contributed by atoms with E-state index in [9.17, 15) is 9.18 Å². The zero-order valence-corrected chi connectivity index (χ0v) is 11.8. The number of piperidine rings is 1. The lowest BCUT2D eigenvalue weighted by Crippen LogP contribution is -2.40. The number of likely N-dealkylation sites (N-methyl/N-ethyl adjacent to an activating group) is 1. The number of ether oxygens (including phenoxy) is 1. The largest absolute Gasteiger partial charge is 0.492 e. The van der Waals surface area contributed by atoms with Crippen LogP contribution in [0.5, 0.6) is 5.75 Å². The maximum absolute atomic E-state index is 12.7. The normalized spacial score (nSPS) is 15.9. The Kier molecular flexibility index (Phi) is 5.35. The van der Waals surface area contributed by atoms with Gasteiger partial charge < -0.3 is 15.0 Å². The molecule has 5 heteroatoms. The molecular formula is C15H21FN2O2. The fourth-order valence-electron chi connectivity index (χ4n) is 2.32. The van der Waals surface area contributed by atoms with Crippen LogP contribution in [0.25, 0.3) is 0 Å². The highest BCUT2D eigenvalue weighted by Gasteiger charge is 2.23. The van der Waals surface area contributed by atoms with Crippen molar-refractivity contribution in [3.05, 3.63) is 30.1 Å². The van der Waals surface area contributed by atoms with Gasteiger partial charge in [0.15, 0.2) is 0 Å². The van der Waals surface area contributed by atoms with Crippen molar-refractivity contribution in [3.8, 4) is 5.75 Å². The van der Waals surface area contributed by atoms with Crippen molar-refractivity contribution < 1.29 is 13.9 Å². The molecule has 1 aromatic carbocycles. The highest BCUT2D eigenvalue weighted by molar-refractivity contribution is 5.78. The summed E-state index contributed by atoms with van der Waals surface area (Å²) in [5, 5.41) is 3.25. The minimum absolute atomic E-state index is 0.132. The minimum atomic E-state index is -0.282. The summed E-state index contributed by atoms with van der Waals surface area (Å²) in [5.41, 5.74) is 0. The quantitative estimate of drug-likeness (QED) is 0.892. The number of carbonyl (C=O) groups excluding carboxylic acids is 1. The van der Waals surface area contributed by atoms with E-state index in [0.717, 1.165) is 25.9 Å². The van der Waals surface area contributed by atoms with E-state index in [1.165, 1.54) is 12.1 Å². The number of halogens is 1. The second kappa shape index (κ2) is 7.24. The van der Waals surface area contributed by atoms with Crippen LogP contribution in [0.2, 0.25) is 0 Å². The van der Waals surface area contributed by atoms with Gasteiger partial charge in [0.25, 0.3) is 0 Å². The lowest BCUT2D eigenvalue weighted by molar-refractivity contribution is -0.135. The van der Waals surface area contributed by atoms with Gasteiger partial charge in [-0.3, -0.25) is 4.79 Å². The molecule has 2 rings (SSSR count). The van der Waals surface area contributed by atoms with E-state index in [1.807, 2.05) is 0 Å². The number of hydrogen-bond donors (Lipinski definition) is 1. The lowest BCUT2D eigenvalue weighted by atomic mass is 9.97. The molecule has 1 aliphatic heterocycles. The molecule has 1 heterocycles. The predicted molar refractivity (Wildman–Crippen MR) is 75.1 cm³/mol. The van der Waals surface area contributed by atoms with Crippen molar-refractivity contribution in [2.24, 2.45) is 5.92 Å². The zero-order chi connectivity index (χ0) is 14.4. The van der Waals surface area contributed by atoms with Crippen molar-refractivity contribution in [1.29, 1.82) is 0 Å². The molecule has 0 spiro atoms. The van der Waals surface area contributed by atoms with Gasteiger partial charge in [-0.15, -0.1) is 0 Å². The van der Waals surface area contributed by atoms with E-state index in [-0.39, 0.29) is 17.6 Å². The molecule has 0 radical (unpaired) electrons. The van der Waals surface area contributed by atoms with E-state index in [2.05, 4.69) is 5.32 Å². The van der Waals surface area contributed by atoms with Gasteiger partial charge in [-0.2, -0.15) is 0 Å². The number of hydrogen-bond acceptors (Lipinski definition) is 3. The van der Waals surface area contributed by atoms with Gasteiger partial charge >= 0.3 is 0 Å². The van der Waals surface area contributed by atoms with Gasteiger partial charge in [-0.05, 0) is 50.2 Å². The fraction of sp³-hybridized carbons (Fsp3) is 0.533. The topological polar surface area (TPSA) is 41.6 Å². The number of rotatable bonds is 5. The molecule has 1 aliphatic rings. The summed E-state index contributed by atoms with van der Waals surface area (Å²) < 4.78 is 18.2. The summed E-state index contributed by atoms with van der Waals surface area (Å²) >= 11 is 0. The van der Waals surface area contributed by atoms with Crippen molar-refractivity contribution >= 4 is 5.91 Å². The number of nitrogens with one attached hydrogen (secondary N) is 1. The molecule has 20 heavy (non-hydrogen) atoms. The Bertz CT molecular complexity index is 430. The molecule has 0 bridgehead atoms. The van der Waals surface area contributed by atoms with Gasteiger partial charge in [0, 0.05) is 13.0 Å². The molecule has 1 aromatic rings. The summed E-state index contributed by atoms with van der Waals surface area (Å²) in [5.74, 6) is 0.658. The Hall–Kier alpha value is -1.62. The van der Waals surface area contributed by atoms with Crippen molar-refractivity contribution in [2.75, 3.05) is 33.3 Å². The number of nitrogens with zero attached hydrogens (tertiary/aromatic N) is 1. The van der Waals surface area contributed by atoms with Crippen LogP contribution in [0.4, 0.5) is 4.39 Å². The Morgan fingerprint density at radius 2 is 2.00 bits per heavy atom.